The third kappa shape index (κ3) is 4.66. The smallest absolute Gasteiger partial charge is 0.332 e. The van der Waals surface area contributed by atoms with E-state index < -0.39 is 4.92 Å². The summed E-state index contributed by atoms with van der Waals surface area (Å²) < 4.78 is 5.37. The van der Waals surface area contributed by atoms with Crippen molar-refractivity contribution in [2.45, 2.75) is 20.8 Å². The minimum Gasteiger partial charge on any atom is -0.379 e. The van der Waals surface area contributed by atoms with Gasteiger partial charge in [0.25, 0.3) is 0 Å². The highest BCUT2D eigenvalue weighted by Crippen LogP contribution is 2.25. The topological polar surface area (TPSA) is 116 Å². The Balaban J connectivity index is 2.64. The Kier molecular flexibility index (Phi) is 5.43. The van der Waals surface area contributed by atoms with Gasteiger partial charge in [-0.1, -0.05) is 13.8 Å². The fourth-order valence-corrected chi connectivity index (χ4v) is 1.49. The van der Waals surface area contributed by atoms with Crippen LogP contribution in [0.4, 0.5) is 17.5 Å². The largest absolute Gasteiger partial charge is 0.379 e. The molecular formula is C11H19N5O3. The van der Waals surface area contributed by atoms with Gasteiger partial charge in [-0.25, -0.2) is 4.98 Å². The third-order valence-corrected chi connectivity index (χ3v) is 2.25. The first-order chi connectivity index (χ1) is 8.91. The Bertz CT molecular complexity index is 450. The molecule has 0 atom stereocenters. The number of nitrogens with one attached hydrogen (secondary N) is 1. The van der Waals surface area contributed by atoms with E-state index in [9.17, 15) is 10.1 Å². The molecule has 0 saturated heterocycles. The van der Waals surface area contributed by atoms with E-state index in [4.69, 9.17) is 10.5 Å². The van der Waals surface area contributed by atoms with Gasteiger partial charge in [-0.3, -0.25) is 10.1 Å². The van der Waals surface area contributed by atoms with Crippen molar-refractivity contribution in [3.8, 4) is 0 Å². The predicted octanol–water partition coefficient (Wildman–Crippen LogP) is 1.36. The van der Waals surface area contributed by atoms with E-state index in [1.54, 1.807) is 0 Å². The molecule has 8 heteroatoms. The Morgan fingerprint density at radius 3 is 2.74 bits per heavy atom. The number of nitrogen functional groups attached to an aromatic ring is 1. The number of ether oxygens (including phenoxy) is 1. The monoisotopic (exact) mass is 269 g/mol. The summed E-state index contributed by atoms with van der Waals surface area (Å²) in [5.74, 6) is 0.586. The first-order valence-electron chi connectivity index (χ1n) is 6.02. The highest BCUT2D eigenvalue weighted by atomic mass is 16.6. The van der Waals surface area contributed by atoms with Crippen molar-refractivity contribution < 1.29 is 9.66 Å². The van der Waals surface area contributed by atoms with Gasteiger partial charge in [-0.05, 0) is 12.8 Å². The molecule has 0 amide bonds. The quantitative estimate of drug-likeness (QED) is 0.436. The summed E-state index contributed by atoms with van der Waals surface area (Å²) in [4.78, 5) is 18.0. The van der Waals surface area contributed by atoms with Crippen molar-refractivity contribution in [3.63, 3.8) is 0 Å². The van der Waals surface area contributed by atoms with Crippen molar-refractivity contribution in [2.24, 2.45) is 5.92 Å². The van der Waals surface area contributed by atoms with Gasteiger partial charge in [0, 0.05) is 13.2 Å². The summed E-state index contributed by atoms with van der Waals surface area (Å²) in [6, 6.07) is 0. The van der Waals surface area contributed by atoms with Crippen LogP contribution in [-0.4, -0.2) is 34.6 Å². The van der Waals surface area contributed by atoms with E-state index in [1.807, 2.05) is 13.8 Å². The fourth-order valence-electron chi connectivity index (χ4n) is 1.49. The Labute approximate surface area is 111 Å². The molecule has 0 radical (unpaired) electrons. The zero-order valence-corrected chi connectivity index (χ0v) is 11.3. The molecule has 1 aromatic heterocycles. The summed E-state index contributed by atoms with van der Waals surface area (Å²) in [7, 11) is 0. The SMILES string of the molecule is Cc1nc(N)nc(NCCOCC(C)C)c1[N+](=O)[O-]. The molecule has 1 heterocycles. The van der Waals surface area contributed by atoms with Crippen molar-refractivity contribution >= 4 is 17.5 Å². The summed E-state index contributed by atoms with van der Waals surface area (Å²) >= 11 is 0. The molecule has 3 N–H and O–H groups in total. The van der Waals surface area contributed by atoms with Crippen LogP contribution in [0.25, 0.3) is 0 Å². The molecule has 0 unspecified atom stereocenters. The second-order valence-electron chi connectivity index (χ2n) is 4.52. The third-order valence-electron chi connectivity index (χ3n) is 2.25. The number of nitro groups is 1. The summed E-state index contributed by atoms with van der Waals surface area (Å²) in [5.41, 5.74) is 5.57. The molecule has 0 aliphatic rings. The number of rotatable bonds is 7. The van der Waals surface area contributed by atoms with Crippen LogP contribution >= 0.6 is 0 Å². The van der Waals surface area contributed by atoms with Crippen LogP contribution in [0, 0.1) is 23.0 Å². The first kappa shape index (κ1) is 15.1. The molecule has 0 aliphatic heterocycles. The van der Waals surface area contributed by atoms with Crippen LogP contribution in [0.1, 0.15) is 19.5 Å². The van der Waals surface area contributed by atoms with Crippen LogP contribution in [0.2, 0.25) is 0 Å². The fraction of sp³-hybridized carbons (Fsp3) is 0.636. The molecule has 19 heavy (non-hydrogen) atoms. The van der Waals surface area contributed by atoms with Gasteiger partial charge in [0.1, 0.15) is 5.69 Å². The Hall–Kier alpha value is -1.96. The van der Waals surface area contributed by atoms with Gasteiger partial charge in [-0.15, -0.1) is 0 Å². The summed E-state index contributed by atoms with van der Waals surface area (Å²) in [6.45, 7) is 7.13. The van der Waals surface area contributed by atoms with Gasteiger partial charge in [0.2, 0.25) is 11.8 Å². The van der Waals surface area contributed by atoms with Gasteiger partial charge in [0.05, 0.1) is 11.5 Å². The standard InChI is InChI=1S/C11H19N5O3/c1-7(2)6-19-5-4-13-10-9(16(17)18)8(3)14-11(12)15-10/h7H,4-6H2,1-3H3,(H3,12,13,14,15). The van der Waals surface area contributed by atoms with Crippen molar-refractivity contribution in [2.75, 3.05) is 30.8 Å². The minimum absolute atomic E-state index is 0.00805. The molecule has 0 saturated carbocycles. The summed E-state index contributed by atoms with van der Waals surface area (Å²) in [5, 5.41) is 13.8. The van der Waals surface area contributed by atoms with Gasteiger partial charge in [-0.2, -0.15) is 4.98 Å². The average Bonchev–Trinajstić information content (AvgIpc) is 2.26. The van der Waals surface area contributed by atoms with Crippen molar-refractivity contribution in [1.29, 1.82) is 0 Å². The van der Waals surface area contributed by atoms with Gasteiger partial charge >= 0.3 is 5.69 Å². The summed E-state index contributed by atoms with van der Waals surface area (Å²) in [6.07, 6.45) is 0. The van der Waals surface area contributed by atoms with E-state index in [-0.39, 0.29) is 23.1 Å². The molecule has 106 valence electrons. The van der Waals surface area contributed by atoms with Crippen molar-refractivity contribution in [1.82, 2.24) is 9.97 Å². The van der Waals surface area contributed by atoms with E-state index in [1.165, 1.54) is 6.92 Å². The minimum atomic E-state index is -0.522. The van der Waals surface area contributed by atoms with Crippen LogP contribution < -0.4 is 11.1 Å². The lowest BCUT2D eigenvalue weighted by molar-refractivity contribution is -0.385. The molecule has 0 aromatic carbocycles. The maximum absolute atomic E-state index is 10.9. The predicted molar refractivity (Wildman–Crippen MR) is 72.0 cm³/mol. The number of hydrogen-bond acceptors (Lipinski definition) is 7. The number of nitrogens with zero attached hydrogens (tertiary/aromatic N) is 3. The molecular weight excluding hydrogens is 250 g/mol. The van der Waals surface area contributed by atoms with E-state index in [0.29, 0.717) is 25.7 Å². The second-order valence-corrected chi connectivity index (χ2v) is 4.52. The second kappa shape index (κ2) is 6.83. The molecule has 1 aromatic rings. The lowest BCUT2D eigenvalue weighted by Gasteiger charge is -2.09. The molecule has 8 nitrogen and oxygen atoms in total. The van der Waals surface area contributed by atoms with E-state index in [0.717, 1.165) is 0 Å². The zero-order valence-electron chi connectivity index (χ0n) is 11.3. The van der Waals surface area contributed by atoms with Crippen LogP contribution in [0.15, 0.2) is 0 Å². The number of anilines is 2. The maximum atomic E-state index is 10.9. The Morgan fingerprint density at radius 2 is 2.16 bits per heavy atom. The van der Waals surface area contributed by atoms with Crippen LogP contribution in [0.3, 0.4) is 0 Å². The lowest BCUT2D eigenvalue weighted by atomic mass is 10.2. The molecule has 1 rings (SSSR count). The average molecular weight is 269 g/mol. The van der Waals surface area contributed by atoms with Crippen LogP contribution in [0.5, 0.6) is 0 Å². The van der Waals surface area contributed by atoms with E-state index >= 15 is 0 Å². The van der Waals surface area contributed by atoms with E-state index in [2.05, 4.69) is 15.3 Å². The lowest BCUT2D eigenvalue weighted by Crippen LogP contribution is -2.15. The van der Waals surface area contributed by atoms with Crippen molar-refractivity contribution in [3.05, 3.63) is 15.8 Å². The maximum Gasteiger partial charge on any atom is 0.332 e. The Morgan fingerprint density at radius 1 is 1.47 bits per heavy atom. The first-order valence-corrected chi connectivity index (χ1v) is 6.02. The number of aryl methyl sites for hydroxylation is 1. The van der Waals surface area contributed by atoms with Crippen LogP contribution in [-0.2, 0) is 4.74 Å². The number of hydrogen-bond donors (Lipinski definition) is 2. The molecule has 0 spiro atoms. The number of aromatic nitrogens is 2. The number of nitrogens with two attached hydrogens (primary N) is 1. The highest BCUT2D eigenvalue weighted by Gasteiger charge is 2.20. The molecule has 0 aliphatic carbocycles. The van der Waals surface area contributed by atoms with Gasteiger partial charge in [0.15, 0.2) is 0 Å². The molecule has 0 bridgehead atoms. The van der Waals surface area contributed by atoms with Gasteiger partial charge < -0.3 is 15.8 Å². The highest BCUT2D eigenvalue weighted by molar-refractivity contribution is 5.60. The molecule has 0 fully saturated rings. The zero-order chi connectivity index (χ0) is 14.4. The normalized spacial score (nSPS) is 10.7.